The molecule has 9 rings (SSSR count). The SMILES string of the molecule is CS(=O)(=O)c1ccc(-c2cccc(N)n2)cc1.CS(=O)(=O)c1ccc(-c2cccc(NC(=O)c3ccc(F)o3)n2)cc1.CS(=O)(=O)c1ccc(-c2cccc(NCc3ccc(F)o3)n2)cc1.O=C(O)c1ccc(F)o1. The lowest BCUT2D eigenvalue weighted by atomic mass is 10.1. The molecule has 0 spiro atoms. The van der Waals surface area contributed by atoms with E-state index in [4.69, 9.17) is 15.3 Å². The molecular formula is C51H43F3N6O12S3. The minimum absolute atomic E-state index is 0.165. The van der Waals surface area contributed by atoms with Crippen LogP contribution in [0.3, 0.4) is 0 Å². The molecule has 388 valence electrons. The van der Waals surface area contributed by atoms with Gasteiger partial charge in [0.1, 0.15) is 23.2 Å². The number of hydrogen-bond donors (Lipinski definition) is 4. The molecule has 0 aliphatic heterocycles. The van der Waals surface area contributed by atoms with Gasteiger partial charge in [0.05, 0.1) is 38.3 Å². The number of benzene rings is 3. The summed E-state index contributed by atoms with van der Waals surface area (Å²) in [6.45, 7) is 0.313. The van der Waals surface area contributed by atoms with Crippen LogP contribution in [-0.4, -0.2) is 76.0 Å². The van der Waals surface area contributed by atoms with Crippen LogP contribution in [0.25, 0.3) is 33.8 Å². The summed E-state index contributed by atoms with van der Waals surface area (Å²) in [7, 11) is -9.65. The molecule has 6 heterocycles. The smallest absolute Gasteiger partial charge is 0.371 e. The third-order valence-corrected chi connectivity index (χ3v) is 13.3. The summed E-state index contributed by atoms with van der Waals surface area (Å²) in [5, 5.41) is 13.7. The number of nitrogens with two attached hydrogens (primary N) is 1. The van der Waals surface area contributed by atoms with Crippen molar-refractivity contribution in [3.8, 4) is 33.8 Å². The zero-order chi connectivity index (χ0) is 54.5. The number of carbonyl (C=O) groups excluding carboxylic acids is 1. The molecule has 0 fully saturated rings. The van der Waals surface area contributed by atoms with Gasteiger partial charge >= 0.3 is 5.97 Å². The molecule has 0 saturated heterocycles. The Morgan fingerprint density at radius 2 is 0.880 bits per heavy atom. The van der Waals surface area contributed by atoms with Crippen molar-refractivity contribution in [2.24, 2.45) is 0 Å². The highest BCUT2D eigenvalue weighted by atomic mass is 32.2. The molecular weight excluding hydrogens is 1040 g/mol. The van der Waals surface area contributed by atoms with Crippen LogP contribution in [0.4, 0.5) is 30.6 Å². The summed E-state index contributed by atoms with van der Waals surface area (Å²) in [6.07, 6.45) is 3.48. The van der Waals surface area contributed by atoms with E-state index in [0.29, 0.717) is 45.8 Å². The molecule has 0 unspecified atom stereocenters. The third kappa shape index (κ3) is 16.6. The van der Waals surface area contributed by atoms with Gasteiger partial charge in [0.15, 0.2) is 35.3 Å². The van der Waals surface area contributed by atoms with Crippen LogP contribution in [0, 0.1) is 18.0 Å². The van der Waals surface area contributed by atoms with Gasteiger partial charge in [-0.15, -0.1) is 0 Å². The second-order valence-corrected chi connectivity index (χ2v) is 21.7. The molecule has 18 nitrogen and oxygen atoms in total. The fourth-order valence-electron chi connectivity index (χ4n) is 6.26. The number of hydrogen-bond acceptors (Lipinski definition) is 16. The van der Waals surface area contributed by atoms with Gasteiger partial charge in [-0.1, -0.05) is 54.6 Å². The maximum atomic E-state index is 12.8. The summed E-state index contributed by atoms with van der Waals surface area (Å²) in [5.74, 6) is -0.663. The fraction of sp³-hybridized carbons (Fsp3) is 0.0784. The lowest BCUT2D eigenvalue weighted by molar-refractivity contribution is 0.0652. The first kappa shape index (κ1) is 55.4. The monoisotopic (exact) mass is 1080 g/mol. The van der Waals surface area contributed by atoms with Crippen molar-refractivity contribution in [3.05, 3.63) is 199 Å². The van der Waals surface area contributed by atoms with Gasteiger partial charge in [-0.05, 0) is 91.0 Å². The minimum Gasteiger partial charge on any atom is -0.475 e. The number of anilines is 3. The van der Waals surface area contributed by atoms with E-state index in [1.54, 1.807) is 97.1 Å². The van der Waals surface area contributed by atoms with Gasteiger partial charge in [-0.25, -0.2) is 45.0 Å². The van der Waals surface area contributed by atoms with Gasteiger partial charge in [0.25, 0.3) is 23.9 Å². The van der Waals surface area contributed by atoms with E-state index in [0.717, 1.165) is 41.3 Å². The summed E-state index contributed by atoms with van der Waals surface area (Å²) in [4.78, 5) is 35.6. The standard InChI is InChI=1S/C17H13FN2O4S.C17H15FN2O3S.C12H12N2O2S.C5H3FO3/c1-25(22,23)12-7-5-11(6-8-12)13-3-2-4-16(19-13)20-17(21)14-9-10-15(18)24-14;1-24(21,22)14-8-5-12(6-9-14)15-3-2-4-17(20-15)19-11-13-7-10-16(18)23-13;1-17(15,16)10-7-5-9(6-8-10)11-3-2-4-12(13)14-11;6-4-2-1-3(9-4)5(7)8/h2-10H,1H3,(H,19,20,21);2-10H,11H2,1H3,(H,19,20);2-8H,1H3,(H2,13,14);1-2H,(H,7,8). The highest BCUT2D eigenvalue weighted by molar-refractivity contribution is 7.91. The molecule has 24 heteroatoms. The Balaban J connectivity index is 0.000000171. The molecule has 3 aromatic carbocycles. The Hall–Kier alpha value is -8.87. The van der Waals surface area contributed by atoms with Crippen molar-refractivity contribution in [2.45, 2.75) is 21.2 Å². The average Bonchev–Trinajstić information content (AvgIpc) is 4.14. The number of carboxylic acid groups (broad SMARTS) is 1. The first-order valence-corrected chi connectivity index (χ1v) is 27.2. The molecule has 75 heavy (non-hydrogen) atoms. The lowest BCUT2D eigenvalue weighted by Gasteiger charge is -2.07. The van der Waals surface area contributed by atoms with E-state index in [1.165, 1.54) is 36.8 Å². The van der Waals surface area contributed by atoms with Gasteiger partial charge < -0.3 is 34.7 Å². The number of aromatic nitrogens is 3. The van der Waals surface area contributed by atoms with Crippen LogP contribution in [0.2, 0.25) is 0 Å². The summed E-state index contributed by atoms with van der Waals surface area (Å²) in [6, 6.07) is 39.8. The quantitative estimate of drug-likeness (QED) is 0.0885. The van der Waals surface area contributed by atoms with Crippen molar-refractivity contribution in [3.63, 3.8) is 0 Å². The zero-order valence-corrected chi connectivity index (χ0v) is 42.0. The topological polar surface area (TPSA) is 285 Å². The number of nitrogens with zero attached hydrogens (tertiary/aromatic N) is 3. The maximum Gasteiger partial charge on any atom is 0.371 e. The molecule has 0 aliphatic rings. The molecule has 0 radical (unpaired) electrons. The number of pyridine rings is 3. The Bertz CT molecular complexity index is 3780. The number of sulfone groups is 3. The van der Waals surface area contributed by atoms with Crippen LogP contribution in [0.15, 0.2) is 192 Å². The first-order valence-electron chi connectivity index (χ1n) is 21.5. The van der Waals surface area contributed by atoms with Gasteiger partial charge in [0.2, 0.25) is 5.76 Å². The zero-order valence-electron chi connectivity index (χ0n) is 39.5. The van der Waals surface area contributed by atoms with E-state index >= 15 is 0 Å². The number of nitrogens with one attached hydrogen (secondary N) is 2. The molecule has 6 aromatic heterocycles. The number of furan rings is 3. The van der Waals surface area contributed by atoms with E-state index in [9.17, 15) is 48.0 Å². The largest absolute Gasteiger partial charge is 0.475 e. The van der Waals surface area contributed by atoms with Crippen molar-refractivity contribution >= 4 is 58.8 Å². The number of nitrogen functional groups attached to an aromatic ring is 1. The maximum absolute atomic E-state index is 12.8. The molecule has 0 atom stereocenters. The fourth-order valence-corrected chi connectivity index (χ4v) is 8.15. The predicted molar refractivity (Wildman–Crippen MR) is 271 cm³/mol. The number of amides is 1. The summed E-state index contributed by atoms with van der Waals surface area (Å²) >= 11 is 0. The van der Waals surface area contributed by atoms with E-state index < -0.39 is 59.4 Å². The molecule has 1 amide bonds. The molecule has 5 N–H and O–H groups in total. The number of carboxylic acids is 1. The average molecular weight is 1090 g/mol. The Morgan fingerprint density at radius 3 is 1.25 bits per heavy atom. The molecule has 0 bridgehead atoms. The predicted octanol–water partition coefficient (Wildman–Crippen LogP) is 9.48. The Labute approximate surface area is 427 Å². The van der Waals surface area contributed by atoms with Crippen LogP contribution < -0.4 is 16.4 Å². The number of carbonyl (C=O) groups is 2. The second-order valence-electron chi connectivity index (χ2n) is 15.7. The lowest BCUT2D eigenvalue weighted by Crippen LogP contribution is -2.12. The third-order valence-electron chi connectivity index (χ3n) is 9.90. The summed E-state index contributed by atoms with van der Waals surface area (Å²) in [5.41, 5.74) is 9.89. The van der Waals surface area contributed by atoms with Gasteiger partial charge in [0, 0.05) is 53.7 Å². The Kier molecular flexibility index (Phi) is 17.9. The molecule has 0 saturated carbocycles. The van der Waals surface area contributed by atoms with Gasteiger partial charge in [-0.3, -0.25) is 4.79 Å². The second kappa shape index (κ2) is 24.2. The van der Waals surface area contributed by atoms with Gasteiger partial charge in [-0.2, -0.15) is 13.2 Å². The van der Waals surface area contributed by atoms with Crippen molar-refractivity contribution < 1.29 is 66.4 Å². The number of rotatable bonds is 12. The Morgan fingerprint density at radius 1 is 0.493 bits per heavy atom. The van der Waals surface area contributed by atoms with E-state index in [2.05, 4.69) is 34.4 Å². The highest BCUT2D eigenvalue weighted by Crippen LogP contribution is 2.24. The summed E-state index contributed by atoms with van der Waals surface area (Å²) < 4.78 is 120. The minimum atomic E-state index is -3.27. The van der Waals surface area contributed by atoms with Crippen molar-refractivity contribution in [2.75, 3.05) is 35.1 Å². The van der Waals surface area contributed by atoms with Crippen LogP contribution in [-0.2, 0) is 36.1 Å². The highest BCUT2D eigenvalue weighted by Gasteiger charge is 2.14. The van der Waals surface area contributed by atoms with Crippen LogP contribution in [0.5, 0.6) is 0 Å². The number of aromatic carboxylic acids is 1. The molecule has 9 aromatic rings. The van der Waals surface area contributed by atoms with Crippen molar-refractivity contribution in [1.82, 2.24) is 15.0 Å². The number of halogens is 3. The van der Waals surface area contributed by atoms with Crippen molar-refractivity contribution in [1.29, 1.82) is 0 Å². The first-order chi connectivity index (χ1) is 35.4. The normalized spacial score (nSPS) is 11.1. The van der Waals surface area contributed by atoms with E-state index in [1.807, 2.05) is 24.3 Å². The van der Waals surface area contributed by atoms with Crippen LogP contribution in [0.1, 0.15) is 26.9 Å². The molecule has 0 aliphatic carbocycles. The van der Waals surface area contributed by atoms with Crippen LogP contribution >= 0.6 is 0 Å². The van der Waals surface area contributed by atoms with E-state index in [-0.39, 0.29) is 27.1 Å².